The van der Waals surface area contributed by atoms with E-state index in [0.29, 0.717) is 11.4 Å². The largest absolute Gasteiger partial charge is 0.468 e. The van der Waals surface area contributed by atoms with E-state index in [1.54, 1.807) is 0 Å². The van der Waals surface area contributed by atoms with Gasteiger partial charge in [-0.15, -0.1) is 0 Å². The van der Waals surface area contributed by atoms with E-state index in [1.165, 1.54) is 7.11 Å². The Balaban J connectivity index is 1.90. The number of H-pyrrole nitrogens is 1. The number of para-hydroxylation sites is 1. The maximum Gasteiger partial charge on any atom is 0.323 e. The third-order valence-electron chi connectivity index (χ3n) is 4.86. The topological polar surface area (TPSA) is 54.1 Å². The molecule has 5 heteroatoms. The lowest BCUT2D eigenvalue weighted by atomic mass is 9.90. The Morgan fingerprint density at radius 2 is 2.04 bits per heavy atom. The van der Waals surface area contributed by atoms with Gasteiger partial charge < -0.3 is 9.72 Å². The number of fused-ring (bicyclic) bond motifs is 3. The highest BCUT2D eigenvalue weighted by Crippen LogP contribution is 2.37. The van der Waals surface area contributed by atoms with Crippen molar-refractivity contribution in [3.63, 3.8) is 0 Å². The standard InChI is InChI=1S/C20H19ClN2O2/c1-11-7-8-13(15(21)9-11)18-19-14(10-17(23-18)20(24)25-2)12-5-3-4-6-16(12)22-19/h3-9,17-18,22-23H,10H2,1-2H3/t17-,18+/m0/s1. The van der Waals surface area contributed by atoms with Crippen LogP contribution in [0.15, 0.2) is 42.5 Å². The number of ether oxygens (including phenoxy) is 1. The summed E-state index contributed by atoms with van der Waals surface area (Å²) in [5, 5.41) is 5.24. The zero-order valence-electron chi connectivity index (χ0n) is 14.1. The van der Waals surface area contributed by atoms with Crippen LogP contribution < -0.4 is 5.32 Å². The summed E-state index contributed by atoms with van der Waals surface area (Å²) in [7, 11) is 1.42. The smallest absolute Gasteiger partial charge is 0.323 e. The monoisotopic (exact) mass is 354 g/mol. The Labute approximate surface area is 151 Å². The molecule has 128 valence electrons. The van der Waals surface area contributed by atoms with Crippen molar-refractivity contribution < 1.29 is 9.53 Å². The Morgan fingerprint density at radius 3 is 2.80 bits per heavy atom. The first-order chi connectivity index (χ1) is 12.1. The molecule has 25 heavy (non-hydrogen) atoms. The summed E-state index contributed by atoms with van der Waals surface area (Å²) < 4.78 is 4.98. The van der Waals surface area contributed by atoms with E-state index in [4.69, 9.17) is 16.3 Å². The van der Waals surface area contributed by atoms with Gasteiger partial charge in [-0.2, -0.15) is 0 Å². The van der Waals surface area contributed by atoms with E-state index in [-0.39, 0.29) is 12.0 Å². The van der Waals surface area contributed by atoms with Crippen molar-refractivity contribution in [1.82, 2.24) is 10.3 Å². The van der Waals surface area contributed by atoms with E-state index < -0.39 is 6.04 Å². The lowest BCUT2D eigenvalue weighted by Gasteiger charge is -2.30. The molecule has 0 saturated heterocycles. The van der Waals surface area contributed by atoms with Crippen LogP contribution in [-0.4, -0.2) is 24.1 Å². The van der Waals surface area contributed by atoms with Gasteiger partial charge >= 0.3 is 5.97 Å². The first-order valence-electron chi connectivity index (χ1n) is 8.28. The van der Waals surface area contributed by atoms with Gasteiger partial charge in [0.2, 0.25) is 0 Å². The molecule has 1 aromatic heterocycles. The second-order valence-corrected chi connectivity index (χ2v) is 6.87. The normalized spacial score (nSPS) is 19.6. The average molecular weight is 355 g/mol. The highest BCUT2D eigenvalue weighted by atomic mass is 35.5. The number of aryl methyl sites for hydroxylation is 1. The minimum Gasteiger partial charge on any atom is -0.468 e. The second kappa shape index (κ2) is 6.21. The Kier molecular flexibility index (Phi) is 4.02. The molecular formula is C20H19ClN2O2. The third kappa shape index (κ3) is 2.71. The lowest BCUT2D eigenvalue weighted by molar-refractivity contribution is -0.143. The molecule has 0 amide bonds. The number of hydrogen-bond acceptors (Lipinski definition) is 3. The van der Waals surface area contributed by atoms with E-state index in [2.05, 4.69) is 22.4 Å². The fraction of sp³-hybridized carbons (Fsp3) is 0.250. The minimum absolute atomic E-state index is 0.187. The molecule has 0 bridgehead atoms. The number of halogens is 1. The molecule has 0 radical (unpaired) electrons. The first kappa shape index (κ1) is 16.2. The van der Waals surface area contributed by atoms with Crippen molar-refractivity contribution in [2.45, 2.75) is 25.4 Å². The maximum absolute atomic E-state index is 12.2. The molecular weight excluding hydrogens is 336 g/mol. The summed E-state index contributed by atoms with van der Waals surface area (Å²) in [4.78, 5) is 15.7. The molecule has 0 saturated carbocycles. The average Bonchev–Trinajstić information content (AvgIpc) is 2.99. The van der Waals surface area contributed by atoms with E-state index >= 15 is 0 Å². The molecule has 0 unspecified atom stereocenters. The van der Waals surface area contributed by atoms with Gasteiger partial charge in [0.25, 0.3) is 0 Å². The Bertz CT molecular complexity index is 963. The molecule has 1 aliphatic rings. The third-order valence-corrected chi connectivity index (χ3v) is 5.19. The highest BCUT2D eigenvalue weighted by molar-refractivity contribution is 6.31. The highest BCUT2D eigenvalue weighted by Gasteiger charge is 2.35. The fourth-order valence-corrected chi connectivity index (χ4v) is 3.98. The summed E-state index contributed by atoms with van der Waals surface area (Å²) >= 11 is 6.52. The van der Waals surface area contributed by atoms with Crippen molar-refractivity contribution in [3.05, 3.63) is 69.9 Å². The van der Waals surface area contributed by atoms with Crippen LogP contribution in [0.1, 0.15) is 28.4 Å². The zero-order valence-corrected chi connectivity index (χ0v) is 14.9. The van der Waals surface area contributed by atoms with Crippen LogP contribution in [0.3, 0.4) is 0 Å². The van der Waals surface area contributed by atoms with Crippen molar-refractivity contribution in [2.24, 2.45) is 0 Å². The predicted octanol–water partition coefficient (Wildman–Crippen LogP) is 3.91. The van der Waals surface area contributed by atoms with E-state index in [0.717, 1.165) is 33.3 Å². The molecule has 3 aromatic rings. The zero-order chi connectivity index (χ0) is 17.6. The summed E-state index contributed by atoms with van der Waals surface area (Å²) in [6.45, 7) is 2.01. The minimum atomic E-state index is -0.404. The fourth-order valence-electron chi connectivity index (χ4n) is 3.64. The van der Waals surface area contributed by atoms with Crippen LogP contribution in [0, 0.1) is 6.92 Å². The number of aromatic nitrogens is 1. The van der Waals surface area contributed by atoms with Gasteiger partial charge in [0, 0.05) is 28.0 Å². The molecule has 0 spiro atoms. The van der Waals surface area contributed by atoms with Gasteiger partial charge in [-0.25, -0.2) is 0 Å². The van der Waals surface area contributed by atoms with Crippen LogP contribution in [0.4, 0.5) is 0 Å². The van der Waals surface area contributed by atoms with Crippen LogP contribution in [0.5, 0.6) is 0 Å². The van der Waals surface area contributed by atoms with E-state index in [9.17, 15) is 4.79 Å². The number of benzene rings is 2. The molecule has 2 atom stereocenters. The summed E-state index contributed by atoms with van der Waals surface area (Å²) in [5.74, 6) is -0.260. The summed E-state index contributed by atoms with van der Waals surface area (Å²) in [6, 6.07) is 13.6. The van der Waals surface area contributed by atoms with Gasteiger partial charge in [0.1, 0.15) is 6.04 Å². The van der Waals surface area contributed by atoms with Crippen molar-refractivity contribution in [1.29, 1.82) is 0 Å². The number of esters is 1. The summed E-state index contributed by atoms with van der Waals surface area (Å²) in [5.41, 5.74) is 5.33. The van der Waals surface area contributed by atoms with Crippen molar-refractivity contribution >= 4 is 28.5 Å². The molecule has 4 nitrogen and oxygen atoms in total. The van der Waals surface area contributed by atoms with Gasteiger partial charge in [0.15, 0.2) is 0 Å². The first-order valence-corrected chi connectivity index (χ1v) is 8.65. The number of nitrogens with one attached hydrogen (secondary N) is 2. The van der Waals surface area contributed by atoms with Crippen LogP contribution in [0.2, 0.25) is 5.02 Å². The van der Waals surface area contributed by atoms with Gasteiger partial charge in [-0.05, 0) is 35.7 Å². The Morgan fingerprint density at radius 1 is 1.24 bits per heavy atom. The van der Waals surface area contributed by atoms with Crippen LogP contribution in [0.25, 0.3) is 10.9 Å². The molecule has 0 aliphatic carbocycles. The second-order valence-electron chi connectivity index (χ2n) is 6.47. The van der Waals surface area contributed by atoms with E-state index in [1.807, 2.05) is 37.3 Å². The SMILES string of the molecule is COC(=O)[C@@H]1Cc2c([nH]c3ccccc23)[C@@H](c2ccc(C)cc2Cl)N1. The maximum atomic E-state index is 12.2. The van der Waals surface area contributed by atoms with Crippen LogP contribution in [-0.2, 0) is 16.0 Å². The van der Waals surface area contributed by atoms with Crippen molar-refractivity contribution in [2.75, 3.05) is 7.11 Å². The summed E-state index contributed by atoms with van der Waals surface area (Å²) in [6.07, 6.45) is 0.589. The number of carbonyl (C=O) groups excluding carboxylic acids is 1. The van der Waals surface area contributed by atoms with Crippen molar-refractivity contribution in [3.8, 4) is 0 Å². The molecule has 0 fully saturated rings. The lowest BCUT2D eigenvalue weighted by Crippen LogP contribution is -2.45. The van der Waals surface area contributed by atoms with Crippen LogP contribution >= 0.6 is 11.6 Å². The van der Waals surface area contributed by atoms with Gasteiger partial charge in [-0.3, -0.25) is 10.1 Å². The number of rotatable bonds is 2. The molecule has 2 heterocycles. The predicted molar refractivity (Wildman–Crippen MR) is 99.0 cm³/mol. The number of carbonyl (C=O) groups is 1. The Hall–Kier alpha value is -2.30. The molecule has 2 aromatic carbocycles. The molecule has 4 rings (SSSR count). The quantitative estimate of drug-likeness (QED) is 0.686. The van der Waals surface area contributed by atoms with Gasteiger partial charge in [-0.1, -0.05) is 41.9 Å². The number of hydrogen-bond donors (Lipinski definition) is 2. The molecule has 1 aliphatic heterocycles. The van der Waals surface area contributed by atoms with Gasteiger partial charge in [0.05, 0.1) is 13.2 Å². The number of aromatic amines is 1. The molecule has 2 N–H and O–H groups in total. The number of methoxy groups -OCH3 is 1.